The second-order valence-corrected chi connectivity index (χ2v) is 9.38. The first kappa shape index (κ1) is 18.5. The van der Waals surface area contributed by atoms with Gasteiger partial charge in [-0.25, -0.2) is 13.4 Å². The maximum absolute atomic E-state index is 12.7. The van der Waals surface area contributed by atoms with Gasteiger partial charge in [0.05, 0.1) is 4.90 Å². The average molecular weight is 393 g/mol. The molecule has 0 radical (unpaired) electrons. The van der Waals surface area contributed by atoms with E-state index in [2.05, 4.69) is 20.0 Å². The fourth-order valence-corrected chi connectivity index (χ4v) is 4.56. The third-order valence-electron chi connectivity index (χ3n) is 3.80. The van der Waals surface area contributed by atoms with E-state index in [1.807, 2.05) is 20.8 Å². The molecule has 1 atom stereocenters. The first-order chi connectivity index (χ1) is 12.3. The largest absolute Gasteiger partial charge is 0.300 e. The van der Waals surface area contributed by atoms with Gasteiger partial charge in [-0.05, 0) is 31.4 Å². The Bertz CT molecular complexity index is 964. The molecule has 26 heavy (non-hydrogen) atoms. The van der Waals surface area contributed by atoms with Crippen LogP contribution in [-0.2, 0) is 14.8 Å². The number of fused-ring (bicyclic) bond motifs is 1. The van der Waals surface area contributed by atoms with E-state index >= 15 is 0 Å². The molecule has 2 N–H and O–H groups in total. The monoisotopic (exact) mass is 392 g/mol. The first-order valence-electron chi connectivity index (χ1n) is 8.19. The van der Waals surface area contributed by atoms with Crippen LogP contribution in [0.1, 0.15) is 30.7 Å². The Kier molecular flexibility index (Phi) is 5.10. The van der Waals surface area contributed by atoms with E-state index in [1.54, 1.807) is 24.4 Å². The highest BCUT2D eigenvalue weighted by atomic mass is 32.2. The Morgan fingerprint density at radius 1 is 1.35 bits per heavy atom. The molecule has 0 aliphatic carbocycles. The first-order valence-corrected chi connectivity index (χ1v) is 10.5. The number of aryl methyl sites for hydroxylation is 1. The molecule has 1 aliphatic rings. The lowest BCUT2D eigenvalue weighted by molar-refractivity contribution is -0.117. The number of rotatable bonds is 5. The number of aliphatic imine (C=N–C) groups is 1. The van der Waals surface area contributed by atoms with Gasteiger partial charge >= 0.3 is 0 Å². The van der Waals surface area contributed by atoms with Crippen molar-refractivity contribution in [1.29, 1.82) is 0 Å². The number of thiazole rings is 1. The van der Waals surface area contributed by atoms with E-state index < -0.39 is 16.1 Å². The minimum Gasteiger partial charge on any atom is -0.300 e. The molecule has 0 spiro atoms. The molecule has 1 aromatic heterocycles. The molecule has 0 bridgehead atoms. The van der Waals surface area contributed by atoms with Crippen molar-refractivity contribution in [2.75, 3.05) is 5.32 Å². The van der Waals surface area contributed by atoms with E-state index in [0.29, 0.717) is 17.1 Å². The van der Waals surface area contributed by atoms with Crippen molar-refractivity contribution in [2.24, 2.45) is 10.9 Å². The third kappa shape index (κ3) is 3.94. The summed E-state index contributed by atoms with van der Waals surface area (Å²) in [5, 5.41) is 3.28. The number of aromatic nitrogens is 1. The summed E-state index contributed by atoms with van der Waals surface area (Å²) < 4.78 is 26.9. The van der Waals surface area contributed by atoms with Gasteiger partial charge in [0, 0.05) is 16.6 Å². The fourth-order valence-electron chi connectivity index (χ4n) is 2.65. The van der Waals surface area contributed by atoms with Crippen molar-refractivity contribution in [2.45, 2.75) is 38.1 Å². The van der Waals surface area contributed by atoms with Crippen molar-refractivity contribution in [1.82, 2.24) is 9.71 Å². The van der Waals surface area contributed by atoms with Gasteiger partial charge in [0.15, 0.2) is 5.13 Å². The Morgan fingerprint density at radius 3 is 2.73 bits per heavy atom. The van der Waals surface area contributed by atoms with Crippen LogP contribution in [0.15, 0.2) is 40.4 Å². The van der Waals surface area contributed by atoms with Gasteiger partial charge in [0.1, 0.15) is 11.9 Å². The van der Waals surface area contributed by atoms with Crippen LogP contribution in [0, 0.1) is 12.8 Å². The van der Waals surface area contributed by atoms with Crippen LogP contribution in [0.5, 0.6) is 0 Å². The number of hydrogen-bond donors (Lipinski definition) is 2. The minimum atomic E-state index is -3.63. The summed E-state index contributed by atoms with van der Waals surface area (Å²) in [5.41, 5.74) is 0.485. The summed E-state index contributed by atoms with van der Waals surface area (Å²) in [6.07, 6.45) is 2.18. The van der Waals surface area contributed by atoms with E-state index in [9.17, 15) is 13.2 Å². The van der Waals surface area contributed by atoms with E-state index in [4.69, 9.17) is 0 Å². The van der Waals surface area contributed by atoms with Crippen LogP contribution in [-0.4, -0.2) is 31.2 Å². The predicted molar refractivity (Wildman–Crippen MR) is 102 cm³/mol. The summed E-state index contributed by atoms with van der Waals surface area (Å²) in [6.45, 7) is 5.88. The van der Waals surface area contributed by atoms with Crippen LogP contribution in [0.4, 0.5) is 5.13 Å². The topological polar surface area (TPSA) is 101 Å². The molecule has 138 valence electrons. The summed E-state index contributed by atoms with van der Waals surface area (Å²) in [7, 11) is -3.63. The Hall–Kier alpha value is -2.26. The summed E-state index contributed by atoms with van der Waals surface area (Å²) in [6, 6.07) is 5.88. The van der Waals surface area contributed by atoms with E-state index in [0.717, 1.165) is 4.88 Å². The normalized spacial score (nSPS) is 17.8. The minimum absolute atomic E-state index is 0.179. The van der Waals surface area contributed by atoms with Crippen molar-refractivity contribution in [3.05, 3.63) is 40.9 Å². The molecule has 7 nitrogen and oxygen atoms in total. The smallest absolute Gasteiger partial charge is 0.263 e. The average Bonchev–Trinajstić information content (AvgIpc) is 3.08. The SMILES string of the molecule is Cc1cnc(NC(=O)[C@H](CC(C)C)N=C2NS(=O)(=O)c3ccccc32)s1. The number of nitrogens with zero attached hydrogens (tertiary/aromatic N) is 2. The lowest BCUT2D eigenvalue weighted by Gasteiger charge is -2.15. The Balaban J connectivity index is 1.91. The molecule has 9 heteroatoms. The van der Waals surface area contributed by atoms with Crippen molar-refractivity contribution >= 4 is 38.2 Å². The summed E-state index contributed by atoms with van der Waals surface area (Å²) in [4.78, 5) is 22.4. The molecule has 0 unspecified atom stereocenters. The van der Waals surface area contributed by atoms with Gasteiger partial charge in [0.2, 0.25) is 0 Å². The number of nitrogens with one attached hydrogen (secondary N) is 2. The fraction of sp³-hybridized carbons (Fsp3) is 0.353. The Labute approximate surface area is 156 Å². The Morgan fingerprint density at radius 2 is 2.08 bits per heavy atom. The van der Waals surface area contributed by atoms with Crippen LogP contribution < -0.4 is 10.0 Å². The van der Waals surface area contributed by atoms with Crippen molar-refractivity contribution in [3.63, 3.8) is 0 Å². The van der Waals surface area contributed by atoms with Crippen molar-refractivity contribution < 1.29 is 13.2 Å². The predicted octanol–water partition coefficient (Wildman–Crippen LogP) is 2.54. The van der Waals surface area contributed by atoms with Gasteiger partial charge in [-0.2, -0.15) is 0 Å². The van der Waals surface area contributed by atoms with Gasteiger partial charge in [-0.15, -0.1) is 11.3 Å². The highest BCUT2D eigenvalue weighted by Gasteiger charge is 2.32. The zero-order chi connectivity index (χ0) is 18.9. The maximum atomic E-state index is 12.7. The highest BCUT2D eigenvalue weighted by Crippen LogP contribution is 2.24. The summed E-state index contributed by atoms with van der Waals surface area (Å²) in [5.74, 6) is 0.113. The maximum Gasteiger partial charge on any atom is 0.263 e. The molecule has 2 aromatic rings. The van der Waals surface area contributed by atoms with E-state index in [1.165, 1.54) is 17.4 Å². The van der Waals surface area contributed by atoms with Crippen LogP contribution >= 0.6 is 11.3 Å². The van der Waals surface area contributed by atoms with Gasteiger partial charge < -0.3 is 5.32 Å². The lowest BCUT2D eigenvalue weighted by Crippen LogP contribution is -2.31. The number of anilines is 1. The van der Waals surface area contributed by atoms with Crippen LogP contribution in [0.3, 0.4) is 0 Å². The number of amides is 1. The van der Waals surface area contributed by atoms with Gasteiger partial charge in [-0.1, -0.05) is 26.0 Å². The van der Waals surface area contributed by atoms with Gasteiger partial charge in [0.25, 0.3) is 15.9 Å². The number of carbonyl (C=O) groups excluding carboxylic acids is 1. The lowest BCUT2D eigenvalue weighted by atomic mass is 10.0. The molecular formula is C17H20N4O3S2. The second kappa shape index (κ2) is 7.16. The van der Waals surface area contributed by atoms with E-state index in [-0.39, 0.29) is 22.6 Å². The summed E-state index contributed by atoms with van der Waals surface area (Å²) >= 11 is 1.38. The molecule has 0 saturated carbocycles. The molecular weight excluding hydrogens is 372 g/mol. The second-order valence-electron chi connectivity index (χ2n) is 6.49. The molecule has 3 rings (SSSR count). The molecule has 2 heterocycles. The molecule has 0 saturated heterocycles. The van der Waals surface area contributed by atoms with Crippen molar-refractivity contribution in [3.8, 4) is 0 Å². The molecule has 0 fully saturated rings. The molecule has 1 aliphatic heterocycles. The van der Waals surface area contributed by atoms with Crippen LogP contribution in [0.25, 0.3) is 0 Å². The molecule has 1 aromatic carbocycles. The zero-order valence-corrected chi connectivity index (χ0v) is 16.3. The number of benzene rings is 1. The number of amidine groups is 1. The zero-order valence-electron chi connectivity index (χ0n) is 14.7. The third-order valence-corrected chi connectivity index (χ3v) is 6.02. The van der Waals surface area contributed by atoms with Gasteiger partial charge in [-0.3, -0.25) is 14.5 Å². The standard InChI is InChI=1S/C17H20N4O3S2/c1-10(2)8-13(16(22)20-17-18-9-11(3)25-17)19-15-12-6-4-5-7-14(12)26(23,24)21-15/h4-7,9-10,13H,8H2,1-3H3,(H,19,21)(H,18,20,22)/t13-/m0/s1. The van der Waals surface area contributed by atoms with Crippen LogP contribution in [0.2, 0.25) is 0 Å². The number of sulfonamides is 1. The number of hydrogen-bond acceptors (Lipinski definition) is 6. The molecule has 1 amide bonds. The number of carbonyl (C=O) groups is 1. The quantitative estimate of drug-likeness (QED) is 0.816. The highest BCUT2D eigenvalue weighted by molar-refractivity contribution is 7.90.